The number of nitrogens with one attached hydrogen (secondary N) is 1. The van der Waals surface area contributed by atoms with Crippen LogP contribution in [0.15, 0.2) is 48.5 Å². The predicted molar refractivity (Wildman–Crippen MR) is 79.0 cm³/mol. The summed E-state index contributed by atoms with van der Waals surface area (Å²) in [5, 5.41) is 11.8. The highest BCUT2D eigenvalue weighted by Crippen LogP contribution is 2.22. The number of carbonyl (C=O) groups excluding carboxylic acids is 1. The molecule has 0 radical (unpaired) electrons. The summed E-state index contributed by atoms with van der Waals surface area (Å²) >= 11 is 5.90. The van der Waals surface area contributed by atoms with Crippen molar-refractivity contribution >= 4 is 29.2 Å². The monoisotopic (exact) mass is 305 g/mol. The second-order valence-corrected chi connectivity index (χ2v) is 4.56. The average Bonchev–Trinajstić information content (AvgIpc) is 2.46. The van der Waals surface area contributed by atoms with Gasteiger partial charge in [-0.2, -0.15) is 0 Å². The predicted octanol–water partition coefficient (Wildman–Crippen LogP) is 3.06. The maximum Gasteiger partial charge on any atom is 0.335 e. The fourth-order valence-corrected chi connectivity index (χ4v) is 1.82. The number of hydrogen-bond donors (Lipinski definition) is 2. The van der Waals surface area contributed by atoms with Crippen LogP contribution in [0.5, 0.6) is 5.75 Å². The van der Waals surface area contributed by atoms with E-state index in [0.29, 0.717) is 16.5 Å². The number of rotatable bonds is 5. The Hall–Kier alpha value is -2.53. The van der Waals surface area contributed by atoms with Gasteiger partial charge in [-0.15, -0.1) is 0 Å². The Balaban J connectivity index is 1.95. The van der Waals surface area contributed by atoms with Crippen LogP contribution in [0, 0.1) is 0 Å². The first-order valence-corrected chi connectivity index (χ1v) is 6.44. The third kappa shape index (κ3) is 4.22. The molecule has 2 aromatic rings. The molecular weight excluding hydrogens is 294 g/mol. The van der Waals surface area contributed by atoms with Gasteiger partial charge < -0.3 is 15.2 Å². The SMILES string of the molecule is O=C(COc1ccccc1Cl)Nc1cccc(C(=O)O)c1. The summed E-state index contributed by atoms with van der Waals surface area (Å²) in [7, 11) is 0. The molecule has 6 heteroatoms. The summed E-state index contributed by atoms with van der Waals surface area (Å²) in [5.74, 6) is -1.05. The summed E-state index contributed by atoms with van der Waals surface area (Å²) in [6.07, 6.45) is 0. The molecule has 0 fully saturated rings. The van der Waals surface area contributed by atoms with Crippen molar-refractivity contribution in [2.24, 2.45) is 0 Å². The minimum Gasteiger partial charge on any atom is -0.482 e. The number of carboxylic acids is 1. The Kier molecular flexibility index (Phi) is 4.79. The molecule has 0 bridgehead atoms. The van der Waals surface area contributed by atoms with Crippen LogP contribution >= 0.6 is 11.6 Å². The summed E-state index contributed by atoms with van der Waals surface area (Å²) in [6, 6.07) is 12.8. The maximum absolute atomic E-state index is 11.8. The molecule has 21 heavy (non-hydrogen) atoms. The first-order chi connectivity index (χ1) is 10.1. The van der Waals surface area contributed by atoms with E-state index in [1.807, 2.05) is 0 Å². The number of anilines is 1. The Morgan fingerprint density at radius 1 is 1.14 bits per heavy atom. The van der Waals surface area contributed by atoms with Crippen LogP contribution in [-0.4, -0.2) is 23.6 Å². The highest BCUT2D eigenvalue weighted by atomic mass is 35.5. The molecule has 0 atom stereocenters. The quantitative estimate of drug-likeness (QED) is 0.890. The standard InChI is InChI=1S/C15H12ClNO4/c16-12-6-1-2-7-13(12)21-9-14(18)17-11-5-3-4-10(8-11)15(19)20/h1-8H,9H2,(H,17,18)(H,19,20). The van der Waals surface area contributed by atoms with Crippen molar-refractivity contribution < 1.29 is 19.4 Å². The van der Waals surface area contributed by atoms with Gasteiger partial charge in [-0.1, -0.05) is 29.8 Å². The van der Waals surface area contributed by atoms with Crippen molar-refractivity contribution in [2.75, 3.05) is 11.9 Å². The van der Waals surface area contributed by atoms with E-state index in [4.69, 9.17) is 21.4 Å². The number of hydrogen-bond acceptors (Lipinski definition) is 3. The lowest BCUT2D eigenvalue weighted by molar-refractivity contribution is -0.118. The average molecular weight is 306 g/mol. The van der Waals surface area contributed by atoms with E-state index >= 15 is 0 Å². The molecule has 5 nitrogen and oxygen atoms in total. The first-order valence-electron chi connectivity index (χ1n) is 6.07. The molecule has 0 saturated carbocycles. The van der Waals surface area contributed by atoms with Crippen LogP contribution in [0.2, 0.25) is 5.02 Å². The van der Waals surface area contributed by atoms with Gasteiger partial charge in [0.05, 0.1) is 10.6 Å². The van der Waals surface area contributed by atoms with Crippen LogP contribution < -0.4 is 10.1 Å². The molecule has 0 aliphatic carbocycles. The Labute approximate surface area is 126 Å². The van der Waals surface area contributed by atoms with Crippen molar-refractivity contribution in [3.05, 3.63) is 59.1 Å². The highest BCUT2D eigenvalue weighted by molar-refractivity contribution is 6.32. The van der Waals surface area contributed by atoms with Gasteiger partial charge in [0.1, 0.15) is 5.75 Å². The molecule has 0 saturated heterocycles. The van der Waals surface area contributed by atoms with Crippen molar-refractivity contribution in [2.45, 2.75) is 0 Å². The lowest BCUT2D eigenvalue weighted by Crippen LogP contribution is -2.20. The lowest BCUT2D eigenvalue weighted by Gasteiger charge is -2.09. The molecule has 0 heterocycles. The van der Waals surface area contributed by atoms with Gasteiger partial charge in [-0.3, -0.25) is 4.79 Å². The zero-order valence-corrected chi connectivity index (χ0v) is 11.6. The normalized spacial score (nSPS) is 9.95. The van der Waals surface area contributed by atoms with Crippen molar-refractivity contribution in [1.29, 1.82) is 0 Å². The van der Waals surface area contributed by atoms with E-state index in [-0.39, 0.29) is 12.2 Å². The molecule has 2 rings (SSSR count). The number of halogens is 1. The molecule has 1 amide bonds. The summed E-state index contributed by atoms with van der Waals surface area (Å²) in [5.41, 5.74) is 0.488. The second kappa shape index (κ2) is 6.76. The van der Waals surface area contributed by atoms with E-state index in [1.54, 1.807) is 36.4 Å². The first kappa shape index (κ1) is 14.9. The van der Waals surface area contributed by atoms with Gasteiger partial charge in [0.25, 0.3) is 5.91 Å². The number of carboxylic acid groups (broad SMARTS) is 1. The molecule has 0 aliphatic heterocycles. The second-order valence-electron chi connectivity index (χ2n) is 4.15. The number of amides is 1. The zero-order chi connectivity index (χ0) is 15.2. The number of para-hydroxylation sites is 1. The zero-order valence-electron chi connectivity index (χ0n) is 10.9. The van der Waals surface area contributed by atoms with Crippen LogP contribution in [0.1, 0.15) is 10.4 Å². The third-order valence-corrected chi connectivity index (χ3v) is 2.90. The van der Waals surface area contributed by atoms with Gasteiger partial charge in [0.2, 0.25) is 0 Å². The van der Waals surface area contributed by atoms with Crippen molar-refractivity contribution in [1.82, 2.24) is 0 Å². The minimum atomic E-state index is -1.06. The number of ether oxygens (including phenoxy) is 1. The molecule has 0 unspecified atom stereocenters. The fraction of sp³-hybridized carbons (Fsp3) is 0.0667. The lowest BCUT2D eigenvalue weighted by atomic mass is 10.2. The van der Waals surface area contributed by atoms with Crippen molar-refractivity contribution in [3.63, 3.8) is 0 Å². The molecular formula is C15H12ClNO4. The molecule has 0 spiro atoms. The van der Waals surface area contributed by atoms with E-state index in [2.05, 4.69) is 5.32 Å². The number of benzene rings is 2. The molecule has 2 N–H and O–H groups in total. The molecule has 108 valence electrons. The van der Waals surface area contributed by atoms with E-state index in [1.165, 1.54) is 12.1 Å². The van der Waals surface area contributed by atoms with Crippen LogP contribution in [0.25, 0.3) is 0 Å². The van der Waals surface area contributed by atoms with Crippen LogP contribution in [-0.2, 0) is 4.79 Å². The van der Waals surface area contributed by atoms with Gasteiger partial charge in [-0.25, -0.2) is 4.79 Å². The largest absolute Gasteiger partial charge is 0.482 e. The number of carbonyl (C=O) groups is 2. The maximum atomic E-state index is 11.8. The number of aromatic carboxylic acids is 1. The van der Waals surface area contributed by atoms with E-state index in [9.17, 15) is 9.59 Å². The molecule has 0 aromatic heterocycles. The van der Waals surface area contributed by atoms with Crippen LogP contribution in [0.3, 0.4) is 0 Å². The Morgan fingerprint density at radius 3 is 2.62 bits per heavy atom. The Morgan fingerprint density at radius 2 is 1.90 bits per heavy atom. The van der Waals surface area contributed by atoms with Crippen molar-refractivity contribution in [3.8, 4) is 5.75 Å². The van der Waals surface area contributed by atoms with Crippen LogP contribution in [0.4, 0.5) is 5.69 Å². The summed E-state index contributed by atoms with van der Waals surface area (Å²) in [4.78, 5) is 22.6. The Bertz CT molecular complexity index is 672. The molecule has 2 aromatic carbocycles. The topological polar surface area (TPSA) is 75.6 Å². The van der Waals surface area contributed by atoms with E-state index in [0.717, 1.165) is 0 Å². The van der Waals surface area contributed by atoms with E-state index < -0.39 is 11.9 Å². The van der Waals surface area contributed by atoms with Gasteiger partial charge in [0.15, 0.2) is 6.61 Å². The van der Waals surface area contributed by atoms with Gasteiger partial charge in [-0.05, 0) is 30.3 Å². The van der Waals surface area contributed by atoms with Gasteiger partial charge >= 0.3 is 5.97 Å². The summed E-state index contributed by atoms with van der Waals surface area (Å²) < 4.78 is 5.29. The third-order valence-electron chi connectivity index (χ3n) is 2.59. The highest BCUT2D eigenvalue weighted by Gasteiger charge is 2.08. The fourth-order valence-electron chi connectivity index (χ4n) is 1.63. The minimum absolute atomic E-state index is 0.0971. The molecule has 0 aliphatic rings. The van der Waals surface area contributed by atoms with Gasteiger partial charge in [0, 0.05) is 5.69 Å². The summed E-state index contributed by atoms with van der Waals surface area (Å²) in [6.45, 7) is -0.221. The smallest absolute Gasteiger partial charge is 0.335 e.